The van der Waals surface area contributed by atoms with Gasteiger partial charge in [-0.25, -0.2) is 8.42 Å². The van der Waals surface area contributed by atoms with Gasteiger partial charge in [0.2, 0.25) is 0 Å². The largest absolute Gasteiger partial charge is 0.497 e. The van der Waals surface area contributed by atoms with Gasteiger partial charge in [-0.3, -0.25) is 10.1 Å². The summed E-state index contributed by atoms with van der Waals surface area (Å²) in [6.07, 6.45) is 1.60. The van der Waals surface area contributed by atoms with Crippen molar-refractivity contribution in [2.45, 2.75) is 4.90 Å². The molecule has 0 saturated carbocycles. The molecule has 0 aliphatic rings. The van der Waals surface area contributed by atoms with E-state index in [1.54, 1.807) is 60.8 Å². The van der Waals surface area contributed by atoms with Gasteiger partial charge in [-0.2, -0.15) is 5.10 Å². The van der Waals surface area contributed by atoms with Crippen LogP contribution in [-0.4, -0.2) is 21.7 Å². The summed E-state index contributed by atoms with van der Waals surface area (Å²) in [5.74, 6) is 0.584. The van der Waals surface area contributed by atoms with Crippen molar-refractivity contribution in [2.24, 2.45) is 5.10 Å². The molecule has 0 saturated heterocycles. The number of nitrogens with zero attached hydrogens (tertiary/aromatic N) is 1. The third-order valence-electron chi connectivity index (χ3n) is 3.86. The zero-order valence-electron chi connectivity index (χ0n) is 15.3. The van der Waals surface area contributed by atoms with E-state index in [1.165, 1.54) is 19.2 Å². The van der Waals surface area contributed by atoms with Crippen LogP contribution in [0.1, 0.15) is 5.56 Å². The second-order valence-corrected chi connectivity index (χ2v) is 8.40. The number of rotatable bonds is 7. The van der Waals surface area contributed by atoms with Crippen LogP contribution < -0.4 is 14.9 Å². The first-order chi connectivity index (χ1) is 13.9. The predicted molar refractivity (Wildman–Crippen MR) is 118 cm³/mol. The number of hydrogen-bond acceptors (Lipinski definition) is 5. The Morgan fingerprint density at radius 1 is 0.897 bits per heavy atom. The van der Waals surface area contributed by atoms with Crippen LogP contribution in [-0.2, 0) is 10.0 Å². The average Bonchev–Trinajstić information content (AvgIpc) is 2.72. The molecule has 0 heterocycles. The summed E-state index contributed by atoms with van der Waals surface area (Å²) in [4.78, 5) is 0.145. The van der Waals surface area contributed by atoms with E-state index in [0.29, 0.717) is 27.2 Å². The van der Waals surface area contributed by atoms with Crippen molar-refractivity contribution in [3.63, 3.8) is 0 Å². The zero-order chi connectivity index (χ0) is 20.9. The second-order valence-electron chi connectivity index (χ2n) is 5.90. The molecule has 0 bridgehead atoms. The summed E-state index contributed by atoms with van der Waals surface area (Å²) >= 11 is 11.8. The molecule has 9 heteroatoms. The van der Waals surface area contributed by atoms with E-state index in [9.17, 15) is 8.42 Å². The van der Waals surface area contributed by atoms with E-state index < -0.39 is 10.0 Å². The number of sulfonamides is 1. The van der Waals surface area contributed by atoms with Crippen molar-refractivity contribution in [1.82, 2.24) is 0 Å². The number of methoxy groups -OCH3 is 1. The lowest BCUT2D eigenvalue weighted by Crippen LogP contribution is -2.12. The maximum atomic E-state index is 12.5. The van der Waals surface area contributed by atoms with Crippen molar-refractivity contribution >= 4 is 50.8 Å². The molecule has 0 radical (unpaired) electrons. The highest BCUT2D eigenvalue weighted by Gasteiger charge is 2.14. The highest BCUT2D eigenvalue weighted by molar-refractivity contribution is 7.92. The minimum atomic E-state index is -3.69. The molecule has 150 valence electrons. The lowest BCUT2D eigenvalue weighted by atomic mass is 10.2. The van der Waals surface area contributed by atoms with Crippen molar-refractivity contribution in [2.75, 3.05) is 17.3 Å². The van der Waals surface area contributed by atoms with Gasteiger partial charge in [0.25, 0.3) is 10.0 Å². The molecule has 0 spiro atoms. The number of anilines is 2. The highest BCUT2D eigenvalue weighted by Crippen LogP contribution is 2.22. The molecular formula is C20H17Cl2N3O3S. The molecule has 0 unspecified atom stereocenters. The molecule has 0 aromatic heterocycles. The summed E-state index contributed by atoms with van der Waals surface area (Å²) < 4.78 is 32.5. The molecule has 29 heavy (non-hydrogen) atoms. The van der Waals surface area contributed by atoms with Crippen LogP contribution >= 0.6 is 23.2 Å². The quantitative estimate of drug-likeness (QED) is 0.381. The molecule has 2 N–H and O–H groups in total. The van der Waals surface area contributed by atoms with Crippen LogP contribution in [0.4, 0.5) is 11.4 Å². The topological polar surface area (TPSA) is 79.8 Å². The lowest BCUT2D eigenvalue weighted by Gasteiger charge is -2.09. The molecule has 3 aromatic carbocycles. The Labute approximate surface area is 179 Å². The molecular weight excluding hydrogens is 433 g/mol. The van der Waals surface area contributed by atoms with Gasteiger partial charge in [0, 0.05) is 5.69 Å². The van der Waals surface area contributed by atoms with Crippen LogP contribution in [0.3, 0.4) is 0 Å². The summed E-state index contributed by atoms with van der Waals surface area (Å²) in [5.41, 5.74) is 4.77. The SMILES string of the molecule is COc1ccc(S(=O)(=O)Nc2ccc(N/N=C/c3ccc(Cl)c(Cl)c3)cc2)cc1. The summed E-state index contributed by atoms with van der Waals surface area (Å²) in [7, 11) is -2.17. The molecule has 6 nitrogen and oxygen atoms in total. The van der Waals surface area contributed by atoms with Gasteiger partial charge in [0.1, 0.15) is 5.75 Å². The van der Waals surface area contributed by atoms with E-state index in [1.807, 2.05) is 0 Å². The van der Waals surface area contributed by atoms with E-state index in [0.717, 1.165) is 5.56 Å². The normalized spacial score (nSPS) is 11.4. The number of halogens is 2. The number of hydrazone groups is 1. The maximum Gasteiger partial charge on any atom is 0.261 e. The van der Waals surface area contributed by atoms with Crippen molar-refractivity contribution in [3.8, 4) is 5.75 Å². The monoisotopic (exact) mass is 449 g/mol. The fourth-order valence-electron chi connectivity index (χ4n) is 2.36. The Balaban J connectivity index is 1.63. The van der Waals surface area contributed by atoms with Gasteiger partial charge in [-0.15, -0.1) is 0 Å². The Bertz CT molecular complexity index is 1120. The fraction of sp³-hybridized carbons (Fsp3) is 0.0500. The highest BCUT2D eigenvalue weighted by atomic mass is 35.5. The molecule has 3 rings (SSSR count). The van der Waals surface area contributed by atoms with Gasteiger partial charge in [-0.1, -0.05) is 29.3 Å². The van der Waals surface area contributed by atoms with Crippen LogP contribution in [0.5, 0.6) is 5.75 Å². The van der Waals surface area contributed by atoms with E-state index >= 15 is 0 Å². The van der Waals surface area contributed by atoms with Gasteiger partial charge < -0.3 is 4.74 Å². The number of benzene rings is 3. The van der Waals surface area contributed by atoms with E-state index in [-0.39, 0.29) is 4.90 Å². The number of ether oxygens (including phenoxy) is 1. The first-order valence-corrected chi connectivity index (χ1v) is 10.6. The first kappa shape index (κ1) is 21.0. The van der Waals surface area contributed by atoms with Crippen LogP contribution in [0.15, 0.2) is 76.7 Å². The maximum absolute atomic E-state index is 12.5. The zero-order valence-corrected chi connectivity index (χ0v) is 17.6. The number of nitrogens with one attached hydrogen (secondary N) is 2. The van der Waals surface area contributed by atoms with Gasteiger partial charge in [-0.05, 0) is 66.2 Å². The van der Waals surface area contributed by atoms with Crippen molar-refractivity contribution < 1.29 is 13.2 Å². The molecule has 0 amide bonds. The molecule has 0 aliphatic carbocycles. The third-order valence-corrected chi connectivity index (χ3v) is 5.99. The Kier molecular flexibility index (Phi) is 6.64. The van der Waals surface area contributed by atoms with Gasteiger partial charge in [0.15, 0.2) is 0 Å². The predicted octanol–water partition coefficient (Wildman–Crippen LogP) is 5.25. The minimum absolute atomic E-state index is 0.145. The lowest BCUT2D eigenvalue weighted by molar-refractivity contribution is 0.414. The van der Waals surface area contributed by atoms with E-state index in [2.05, 4.69) is 15.2 Å². The fourth-order valence-corrected chi connectivity index (χ4v) is 3.72. The molecule has 0 atom stereocenters. The second kappa shape index (κ2) is 9.17. The Morgan fingerprint density at radius 3 is 2.17 bits per heavy atom. The van der Waals surface area contributed by atoms with Crippen LogP contribution in [0.25, 0.3) is 0 Å². The summed E-state index contributed by atoms with van der Waals surface area (Å²) in [6.45, 7) is 0. The van der Waals surface area contributed by atoms with Crippen molar-refractivity contribution in [1.29, 1.82) is 0 Å². The third kappa shape index (κ3) is 5.63. The van der Waals surface area contributed by atoms with Crippen molar-refractivity contribution in [3.05, 3.63) is 82.3 Å². The smallest absolute Gasteiger partial charge is 0.261 e. The van der Waals surface area contributed by atoms with Crippen LogP contribution in [0, 0.1) is 0 Å². The first-order valence-electron chi connectivity index (χ1n) is 8.38. The molecule has 0 aliphatic heterocycles. The number of hydrogen-bond donors (Lipinski definition) is 2. The Morgan fingerprint density at radius 2 is 1.55 bits per heavy atom. The standard InChI is InChI=1S/C20H17Cl2N3O3S/c1-28-17-7-9-18(10-8-17)29(26,27)25-16-5-3-15(4-6-16)24-23-13-14-2-11-19(21)20(22)12-14/h2-13,24-25H,1H3/b23-13+. The van der Waals surface area contributed by atoms with Crippen LogP contribution in [0.2, 0.25) is 10.0 Å². The summed E-state index contributed by atoms with van der Waals surface area (Å²) in [6, 6.07) is 18.0. The minimum Gasteiger partial charge on any atom is -0.497 e. The van der Waals surface area contributed by atoms with Gasteiger partial charge in [0.05, 0.1) is 34.0 Å². The van der Waals surface area contributed by atoms with E-state index in [4.69, 9.17) is 27.9 Å². The summed E-state index contributed by atoms with van der Waals surface area (Å²) in [5, 5.41) is 5.05. The average molecular weight is 450 g/mol. The Hall–Kier alpha value is -2.74. The van der Waals surface area contributed by atoms with Gasteiger partial charge >= 0.3 is 0 Å². The molecule has 3 aromatic rings. The molecule has 0 fully saturated rings.